The summed E-state index contributed by atoms with van der Waals surface area (Å²) in [6.45, 7) is 0. The molecule has 0 saturated heterocycles. The maximum atomic E-state index is 10.3. The standard InChI is InChI=1S/C14H15BrO3S/c1-17-12-4-3-10(15)7-9(12)8-11(16)14-13(18-2)5-6-19-14/h3-7,11,16H,8H2,1-2H3. The Hall–Kier alpha value is -1.04. The second-order valence-electron chi connectivity index (χ2n) is 4.03. The molecule has 19 heavy (non-hydrogen) atoms. The molecule has 0 aliphatic heterocycles. The number of benzene rings is 1. The first kappa shape index (κ1) is 14.4. The fraction of sp³-hybridized carbons (Fsp3) is 0.286. The van der Waals surface area contributed by atoms with Crippen molar-refractivity contribution in [2.24, 2.45) is 0 Å². The highest BCUT2D eigenvalue weighted by molar-refractivity contribution is 9.10. The van der Waals surface area contributed by atoms with Crippen molar-refractivity contribution < 1.29 is 14.6 Å². The summed E-state index contributed by atoms with van der Waals surface area (Å²) >= 11 is 4.92. The fourth-order valence-corrected chi connectivity index (χ4v) is 3.18. The summed E-state index contributed by atoms with van der Waals surface area (Å²) in [6.07, 6.45) is -0.113. The quantitative estimate of drug-likeness (QED) is 0.897. The van der Waals surface area contributed by atoms with Crippen molar-refractivity contribution in [3.63, 3.8) is 0 Å². The minimum absolute atomic E-state index is 0.486. The summed E-state index contributed by atoms with van der Waals surface area (Å²) in [7, 11) is 3.24. The molecule has 5 heteroatoms. The van der Waals surface area contributed by atoms with Crippen LogP contribution in [-0.4, -0.2) is 19.3 Å². The molecule has 1 aromatic heterocycles. The zero-order chi connectivity index (χ0) is 13.8. The molecule has 1 aromatic carbocycles. The predicted octanol–water partition coefficient (Wildman–Crippen LogP) is 3.80. The summed E-state index contributed by atoms with van der Waals surface area (Å²) < 4.78 is 11.5. The molecule has 1 heterocycles. The highest BCUT2D eigenvalue weighted by Crippen LogP contribution is 2.34. The number of aliphatic hydroxyl groups excluding tert-OH is 1. The molecular weight excluding hydrogens is 328 g/mol. The molecule has 0 fully saturated rings. The molecule has 1 atom stereocenters. The van der Waals surface area contributed by atoms with E-state index in [1.54, 1.807) is 14.2 Å². The highest BCUT2D eigenvalue weighted by atomic mass is 79.9. The molecular formula is C14H15BrO3S. The third-order valence-corrected chi connectivity index (χ3v) is 4.33. The number of methoxy groups -OCH3 is 2. The van der Waals surface area contributed by atoms with Crippen molar-refractivity contribution >= 4 is 27.3 Å². The molecule has 2 rings (SSSR count). The molecule has 1 unspecified atom stereocenters. The normalized spacial score (nSPS) is 12.2. The van der Waals surface area contributed by atoms with E-state index in [2.05, 4.69) is 15.9 Å². The zero-order valence-electron chi connectivity index (χ0n) is 10.7. The lowest BCUT2D eigenvalue weighted by Gasteiger charge is -2.14. The smallest absolute Gasteiger partial charge is 0.135 e. The summed E-state index contributed by atoms with van der Waals surface area (Å²) in [4.78, 5) is 0.838. The molecule has 0 amide bonds. The van der Waals surface area contributed by atoms with E-state index in [1.807, 2.05) is 29.6 Å². The fourth-order valence-electron chi connectivity index (χ4n) is 1.93. The van der Waals surface area contributed by atoms with Crippen LogP contribution in [0.3, 0.4) is 0 Å². The molecule has 3 nitrogen and oxygen atoms in total. The Balaban J connectivity index is 2.23. The minimum atomic E-state index is -0.599. The van der Waals surface area contributed by atoms with E-state index in [0.29, 0.717) is 6.42 Å². The second kappa shape index (κ2) is 6.41. The van der Waals surface area contributed by atoms with Gasteiger partial charge in [0.25, 0.3) is 0 Å². The molecule has 102 valence electrons. The molecule has 2 aromatic rings. The van der Waals surface area contributed by atoms with Crippen LogP contribution >= 0.6 is 27.3 Å². The summed E-state index contributed by atoms with van der Waals surface area (Å²) in [5.74, 6) is 1.50. The van der Waals surface area contributed by atoms with Gasteiger partial charge in [0.1, 0.15) is 11.5 Å². The third-order valence-electron chi connectivity index (χ3n) is 2.84. The zero-order valence-corrected chi connectivity index (χ0v) is 13.1. The third kappa shape index (κ3) is 3.29. The van der Waals surface area contributed by atoms with Crippen LogP contribution in [0.5, 0.6) is 11.5 Å². The van der Waals surface area contributed by atoms with Gasteiger partial charge in [-0.2, -0.15) is 0 Å². The number of aliphatic hydroxyl groups is 1. The molecule has 0 spiro atoms. The number of thiophene rings is 1. The van der Waals surface area contributed by atoms with Gasteiger partial charge in [0.05, 0.1) is 25.2 Å². The lowest BCUT2D eigenvalue weighted by atomic mass is 10.1. The Labute approximate surface area is 124 Å². The minimum Gasteiger partial charge on any atom is -0.496 e. The van der Waals surface area contributed by atoms with Crippen LogP contribution in [0.2, 0.25) is 0 Å². The first-order valence-corrected chi connectivity index (χ1v) is 7.44. The molecule has 0 bridgehead atoms. The largest absolute Gasteiger partial charge is 0.496 e. The Kier molecular flexibility index (Phi) is 4.85. The predicted molar refractivity (Wildman–Crippen MR) is 80.2 cm³/mol. The average molecular weight is 343 g/mol. The maximum Gasteiger partial charge on any atom is 0.135 e. The molecule has 0 aliphatic rings. The summed E-state index contributed by atoms with van der Waals surface area (Å²) in [5.41, 5.74) is 0.958. The number of rotatable bonds is 5. The maximum absolute atomic E-state index is 10.3. The Bertz CT molecular complexity index is 553. The topological polar surface area (TPSA) is 38.7 Å². The van der Waals surface area contributed by atoms with Crippen LogP contribution in [-0.2, 0) is 6.42 Å². The number of halogens is 1. The Morgan fingerprint density at radius 1 is 1.21 bits per heavy atom. The Morgan fingerprint density at radius 3 is 2.63 bits per heavy atom. The number of ether oxygens (including phenoxy) is 2. The highest BCUT2D eigenvalue weighted by Gasteiger charge is 2.17. The van der Waals surface area contributed by atoms with E-state index >= 15 is 0 Å². The molecule has 0 aliphatic carbocycles. The number of hydrogen-bond acceptors (Lipinski definition) is 4. The van der Waals surface area contributed by atoms with Gasteiger partial charge in [-0.15, -0.1) is 11.3 Å². The van der Waals surface area contributed by atoms with E-state index in [1.165, 1.54) is 11.3 Å². The van der Waals surface area contributed by atoms with Crippen LogP contribution in [0.15, 0.2) is 34.1 Å². The van der Waals surface area contributed by atoms with E-state index < -0.39 is 6.10 Å². The summed E-state index contributed by atoms with van der Waals surface area (Å²) in [5, 5.41) is 12.3. The van der Waals surface area contributed by atoms with E-state index in [0.717, 1.165) is 26.4 Å². The molecule has 0 radical (unpaired) electrons. The van der Waals surface area contributed by atoms with E-state index in [9.17, 15) is 5.11 Å². The van der Waals surface area contributed by atoms with Crippen molar-refractivity contribution in [3.8, 4) is 11.5 Å². The van der Waals surface area contributed by atoms with Crippen molar-refractivity contribution in [1.29, 1.82) is 0 Å². The van der Waals surface area contributed by atoms with Gasteiger partial charge in [-0.05, 0) is 35.2 Å². The van der Waals surface area contributed by atoms with Gasteiger partial charge in [-0.1, -0.05) is 15.9 Å². The van der Waals surface area contributed by atoms with Gasteiger partial charge >= 0.3 is 0 Å². The second-order valence-corrected chi connectivity index (χ2v) is 5.89. The van der Waals surface area contributed by atoms with Gasteiger partial charge in [-0.3, -0.25) is 0 Å². The van der Waals surface area contributed by atoms with Gasteiger partial charge in [0.15, 0.2) is 0 Å². The Morgan fingerprint density at radius 2 is 1.95 bits per heavy atom. The average Bonchev–Trinajstić information content (AvgIpc) is 2.87. The first-order chi connectivity index (χ1) is 9.15. The summed E-state index contributed by atoms with van der Waals surface area (Å²) in [6, 6.07) is 7.63. The number of hydrogen-bond donors (Lipinski definition) is 1. The van der Waals surface area contributed by atoms with Crippen LogP contribution in [0, 0.1) is 0 Å². The van der Waals surface area contributed by atoms with Gasteiger partial charge in [0.2, 0.25) is 0 Å². The van der Waals surface area contributed by atoms with Crippen molar-refractivity contribution in [3.05, 3.63) is 44.6 Å². The van der Waals surface area contributed by atoms with E-state index in [4.69, 9.17) is 9.47 Å². The van der Waals surface area contributed by atoms with Crippen molar-refractivity contribution in [1.82, 2.24) is 0 Å². The van der Waals surface area contributed by atoms with Crippen molar-refractivity contribution in [2.45, 2.75) is 12.5 Å². The lowest BCUT2D eigenvalue weighted by molar-refractivity contribution is 0.177. The van der Waals surface area contributed by atoms with Crippen LogP contribution in [0.1, 0.15) is 16.5 Å². The molecule has 1 N–H and O–H groups in total. The van der Waals surface area contributed by atoms with Gasteiger partial charge < -0.3 is 14.6 Å². The molecule has 0 saturated carbocycles. The van der Waals surface area contributed by atoms with Crippen LogP contribution in [0.4, 0.5) is 0 Å². The van der Waals surface area contributed by atoms with Gasteiger partial charge in [-0.25, -0.2) is 0 Å². The monoisotopic (exact) mass is 342 g/mol. The van der Waals surface area contributed by atoms with Crippen LogP contribution in [0.25, 0.3) is 0 Å². The van der Waals surface area contributed by atoms with Crippen LogP contribution < -0.4 is 9.47 Å². The van der Waals surface area contributed by atoms with Crippen molar-refractivity contribution in [2.75, 3.05) is 14.2 Å². The first-order valence-electron chi connectivity index (χ1n) is 5.77. The lowest BCUT2D eigenvalue weighted by Crippen LogP contribution is -2.03. The SMILES string of the molecule is COc1ccc(Br)cc1CC(O)c1sccc1OC. The van der Waals surface area contributed by atoms with E-state index in [-0.39, 0.29) is 0 Å². The van der Waals surface area contributed by atoms with Gasteiger partial charge in [0, 0.05) is 10.9 Å².